The van der Waals surface area contributed by atoms with E-state index < -0.39 is 0 Å². The van der Waals surface area contributed by atoms with Crippen molar-refractivity contribution in [3.63, 3.8) is 0 Å². The van der Waals surface area contributed by atoms with Crippen molar-refractivity contribution >= 4 is 23.2 Å². The van der Waals surface area contributed by atoms with Crippen molar-refractivity contribution in [1.82, 2.24) is 5.48 Å². The molecule has 1 rings (SSSR count). The molecule has 0 saturated heterocycles. The van der Waals surface area contributed by atoms with Gasteiger partial charge in [-0.2, -0.15) is 0 Å². The second-order valence-electron chi connectivity index (χ2n) is 1.10. The van der Waals surface area contributed by atoms with Gasteiger partial charge in [0.2, 0.25) is 0 Å². The highest BCUT2D eigenvalue weighted by Crippen LogP contribution is 2.15. The van der Waals surface area contributed by atoms with Crippen LogP contribution >= 0.6 is 23.2 Å². The summed E-state index contributed by atoms with van der Waals surface area (Å²) in [6.45, 7) is 0. The summed E-state index contributed by atoms with van der Waals surface area (Å²) in [7, 11) is 0. The Kier molecular flexibility index (Phi) is 1.42. The van der Waals surface area contributed by atoms with Gasteiger partial charge >= 0.3 is 0 Å². The lowest BCUT2D eigenvalue weighted by molar-refractivity contribution is 0.160. The molecule has 0 aromatic carbocycles. The van der Waals surface area contributed by atoms with Crippen LogP contribution in [0.15, 0.2) is 11.3 Å². The fourth-order valence-electron chi connectivity index (χ4n) is 0.266. The molecule has 1 N–H and O–H groups in total. The zero-order valence-electron chi connectivity index (χ0n) is 3.32. The molecule has 1 atom stereocenters. The van der Waals surface area contributed by atoms with Crippen molar-refractivity contribution in [2.45, 2.75) is 5.50 Å². The van der Waals surface area contributed by atoms with Gasteiger partial charge in [0.25, 0.3) is 0 Å². The van der Waals surface area contributed by atoms with E-state index in [2.05, 4.69) is 10.3 Å². The Morgan fingerprint density at radius 1 is 1.86 bits per heavy atom. The summed E-state index contributed by atoms with van der Waals surface area (Å²) in [5, 5.41) is 0.488. The van der Waals surface area contributed by atoms with Crippen LogP contribution in [0.4, 0.5) is 0 Å². The molecule has 0 bridgehead atoms. The first-order valence-electron chi connectivity index (χ1n) is 1.71. The van der Waals surface area contributed by atoms with Crippen LogP contribution in [-0.2, 0) is 4.84 Å². The minimum Gasteiger partial charge on any atom is -0.413 e. The molecule has 0 radical (unpaired) electrons. The Balaban J connectivity index is 2.54. The normalized spacial score (nSPS) is 29.4. The lowest BCUT2D eigenvalue weighted by Crippen LogP contribution is -2.14. The van der Waals surface area contributed by atoms with Gasteiger partial charge in [0.1, 0.15) is 6.26 Å². The maximum atomic E-state index is 5.43. The number of hydrogen-bond acceptors (Lipinski definition) is 2. The third kappa shape index (κ3) is 0.996. The molecule has 40 valence electrons. The summed E-state index contributed by atoms with van der Waals surface area (Å²) >= 11 is 10.8. The number of alkyl halides is 1. The Morgan fingerprint density at radius 2 is 2.57 bits per heavy atom. The first-order chi connectivity index (χ1) is 3.30. The van der Waals surface area contributed by atoms with Crippen molar-refractivity contribution < 1.29 is 4.84 Å². The molecule has 0 aromatic heterocycles. The topological polar surface area (TPSA) is 21.3 Å². The Labute approximate surface area is 51.0 Å². The van der Waals surface area contributed by atoms with Crippen molar-refractivity contribution in [2.24, 2.45) is 0 Å². The second-order valence-corrected chi connectivity index (χ2v) is 1.97. The van der Waals surface area contributed by atoms with E-state index in [1.54, 1.807) is 0 Å². The molecule has 1 aliphatic heterocycles. The second kappa shape index (κ2) is 1.90. The molecule has 0 amide bonds. The Bertz CT molecular complexity index is 103. The smallest absolute Gasteiger partial charge is 0.155 e. The average Bonchev–Trinajstić information content (AvgIpc) is 1.91. The van der Waals surface area contributed by atoms with Crippen LogP contribution in [0, 0.1) is 0 Å². The number of rotatable bonds is 0. The molecule has 0 aliphatic carbocycles. The quantitative estimate of drug-likeness (QED) is 0.402. The maximum absolute atomic E-state index is 5.43. The highest BCUT2D eigenvalue weighted by atomic mass is 35.5. The monoisotopic (exact) mass is 139 g/mol. The van der Waals surface area contributed by atoms with Gasteiger partial charge in [-0.3, -0.25) is 0 Å². The highest BCUT2D eigenvalue weighted by molar-refractivity contribution is 6.37. The van der Waals surface area contributed by atoms with Gasteiger partial charge in [-0.15, -0.1) is 5.48 Å². The maximum Gasteiger partial charge on any atom is 0.155 e. The van der Waals surface area contributed by atoms with Gasteiger partial charge < -0.3 is 4.84 Å². The molecule has 0 aromatic rings. The number of hydroxylamine groups is 1. The predicted octanol–water partition coefficient (Wildman–Crippen LogP) is 1.17. The molecule has 1 unspecified atom stereocenters. The van der Waals surface area contributed by atoms with Crippen LogP contribution in [0.5, 0.6) is 0 Å². The summed E-state index contributed by atoms with van der Waals surface area (Å²) in [4.78, 5) is 4.49. The van der Waals surface area contributed by atoms with E-state index in [1.165, 1.54) is 6.26 Å². The molecular formula is C3H3Cl2NO. The van der Waals surface area contributed by atoms with Gasteiger partial charge in [0.15, 0.2) is 5.50 Å². The van der Waals surface area contributed by atoms with Gasteiger partial charge in [-0.05, 0) is 0 Å². The number of halogens is 2. The van der Waals surface area contributed by atoms with E-state index in [1.807, 2.05) is 0 Å². The lowest BCUT2D eigenvalue weighted by Gasteiger charge is -1.94. The average molecular weight is 140 g/mol. The fraction of sp³-hybridized carbons (Fsp3) is 0.333. The van der Waals surface area contributed by atoms with E-state index >= 15 is 0 Å². The summed E-state index contributed by atoms with van der Waals surface area (Å²) in [6, 6.07) is 0. The Hall–Kier alpha value is 0.0800. The summed E-state index contributed by atoms with van der Waals surface area (Å²) in [6.07, 6.45) is 1.36. The van der Waals surface area contributed by atoms with E-state index in [4.69, 9.17) is 23.2 Å². The first kappa shape index (κ1) is 5.22. The van der Waals surface area contributed by atoms with Crippen molar-refractivity contribution in [1.29, 1.82) is 0 Å². The summed E-state index contributed by atoms with van der Waals surface area (Å²) < 4.78 is 0. The zero-order valence-corrected chi connectivity index (χ0v) is 4.83. The molecular weight excluding hydrogens is 137 g/mol. The van der Waals surface area contributed by atoms with Crippen LogP contribution < -0.4 is 5.48 Å². The van der Waals surface area contributed by atoms with Gasteiger partial charge in [0, 0.05) is 0 Å². The molecule has 4 heteroatoms. The van der Waals surface area contributed by atoms with Crippen molar-refractivity contribution in [3.8, 4) is 0 Å². The van der Waals surface area contributed by atoms with E-state index in [0.29, 0.717) is 5.03 Å². The molecule has 1 aliphatic rings. The number of hydrogen-bond donors (Lipinski definition) is 1. The van der Waals surface area contributed by atoms with Crippen molar-refractivity contribution in [2.75, 3.05) is 0 Å². The highest BCUT2D eigenvalue weighted by Gasteiger charge is 2.13. The molecule has 0 fully saturated rings. The third-order valence-corrected chi connectivity index (χ3v) is 1.33. The van der Waals surface area contributed by atoms with Crippen molar-refractivity contribution in [3.05, 3.63) is 11.3 Å². The molecule has 0 spiro atoms. The van der Waals surface area contributed by atoms with Gasteiger partial charge in [-0.25, -0.2) is 0 Å². The predicted molar refractivity (Wildman–Crippen MR) is 27.8 cm³/mol. The number of nitrogens with one attached hydrogen (secondary N) is 1. The zero-order chi connectivity index (χ0) is 5.28. The lowest BCUT2D eigenvalue weighted by atomic mass is 10.6. The molecule has 0 saturated carbocycles. The standard InChI is InChI=1S/C3H3Cl2NO/c4-2-1-7-6-3(2)5/h1,3,6H. The summed E-state index contributed by atoms with van der Waals surface area (Å²) in [5.74, 6) is 0. The van der Waals surface area contributed by atoms with Crippen LogP contribution in [-0.4, -0.2) is 5.50 Å². The van der Waals surface area contributed by atoms with E-state index in [9.17, 15) is 0 Å². The fourth-order valence-corrected chi connectivity index (χ4v) is 0.458. The molecule has 7 heavy (non-hydrogen) atoms. The molecule has 2 nitrogen and oxygen atoms in total. The van der Waals surface area contributed by atoms with Crippen LogP contribution in [0.25, 0.3) is 0 Å². The Morgan fingerprint density at radius 3 is 2.71 bits per heavy atom. The van der Waals surface area contributed by atoms with Gasteiger partial charge in [0.05, 0.1) is 5.03 Å². The van der Waals surface area contributed by atoms with Crippen LogP contribution in [0.2, 0.25) is 0 Å². The third-order valence-electron chi connectivity index (χ3n) is 0.585. The molecule has 1 heterocycles. The van der Waals surface area contributed by atoms with Gasteiger partial charge in [-0.1, -0.05) is 23.2 Å². The largest absolute Gasteiger partial charge is 0.413 e. The van der Waals surface area contributed by atoms with E-state index in [-0.39, 0.29) is 5.50 Å². The van der Waals surface area contributed by atoms with E-state index in [0.717, 1.165) is 0 Å². The SMILES string of the molecule is ClC1=CONC1Cl. The van der Waals surface area contributed by atoms with Crippen LogP contribution in [0.3, 0.4) is 0 Å². The first-order valence-corrected chi connectivity index (χ1v) is 2.53. The van der Waals surface area contributed by atoms with Crippen LogP contribution in [0.1, 0.15) is 0 Å². The summed E-state index contributed by atoms with van der Waals surface area (Å²) in [5.41, 5.74) is 2.05. The minimum absolute atomic E-state index is 0.360. The minimum atomic E-state index is -0.360.